The van der Waals surface area contributed by atoms with Crippen LogP contribution in [0.3, 0.4) is 0 Å². The molecule has 1 aliphatic rings. The van der Waals surface area contributed by atoms with Crippen molar-refractivity contribution in [2.45, 2.75) is 6.92 Å². The zero-order valence-corrected chi connectivity index (χ0v) is 12.1. The van der Waals surface area contributed by atoms with E-state index in [0.717, 1.165) is 28.0 Å². The van der Waals surface area contributed by atoms with Crippen molar-refractivity contribution in [1.82, 2.24) is 9.88 Å². The molecular weight excluding hydrogens is 260 g/mol. The molecule has 0 fully saturated rings. The predicted octanol–water partition coefficient (Wildman–Crippen LogP) is 3.37. The highest BCUT2D eigenvalue weighted by Gasteiger charge is 2.30. The van der Waals surface area contributed by atoms with Gasteiger partial charge in [0.2, 0.25) is 0 Å². The minimum absolute atomic E-state index is 0.0407. The first-order valence-corrected chi connectivity index (χ1v) is 6.85. The summed E-state index contributed by atoms with van der Waals surface area (Å²) in [6, 6.07) is 13.7. The van der Waals surface area contributed by atoms with Crippen LogP contribution in [0.5, 0.6) is 0 Å². The first-order chi connectivity index (χ1) is 10.2. The third-order valence-electron chi connectivity index (χ3n) is 3.71. The molecule has 1 aromatic heterocycles. The van der Waals surface area contributed by atoms with Gasteiger partial charge >= 0.3 is 0 Å². The average molecular weight is 276 g/mol. The molecule has 3 nitrogen and oxygen atoms in total. The molecule has 3 rings (SSSR count). The second-order valence-electron chi connectivity index (χ2n) is 5.04. The summed E-state index contributed by atoms with van der Waals surface area (Å²) in [6.07, 6.45) is 5.52. The monoisotopic (exact) mass is 276 g/mol. The van der Waals surface area contributed by atoms with Gasteiger partial charge in [-0.3, -0.25) is 9.78 Å². The summed E-state index contributed by atoms with van der Waals surface area (Å²) in [7, 11) is 1.81. The minimum Gasteiger partial charge on any atom is -0.311 e. The molecule has 0 unspecified atom stereocenters. The van der Waals surface area contributed by atoms with Gasteiger partial charge in [0.15, 0.2) is 0 Å². The van der Waals surface area contributed by atoms with Crippen LogP contribution in [0.25, 0.3) is 11.6 Å². The molecule has 0 atom stereocenters. The van der Waals surface area contributed by atoms with Crippen molar-refractivity contribution in [2.75, 3.05) is 7.05 Å². The fourth-order valence-corrected chi connectivity index (χ4v) is 2.58. The number of carbonyl (C=O) groups excluding carboxylic acids is 1. The van der Waals surface area contributed by atoms with E-state index >= 15 is 0 Å². The van der Waals surface area contributed by atoms with Crippen molar-refractivity contribution < 1.29 is 4.79 Å². The standard InChI is InChI=1S/C18H16N2O/c1-13-16(12-14-8-10-19-11-9-14)20(2)18(21)17(13)15-6-4-3-5-7-15/h3-12H,1-2H3/b16-12-. The number of carbonyl (C=O) groups is 1. The molecule has 0 saturated heterocycles. The van der Waals surface area contributed by atoms with Crippen LogP contribution in [0.1, 0.15) is 18.1 Å². The smallest absolute Gasteiger partial charge is 0.258 e. The van der Waals surface area contributed by atoms with Crippen LogP contribution in [0.15, 0.2) is 66.1 Å². The third kappa shape index (κ3) is 2.38. The summed E-state index contributed by atoms with van der Waals surface area (Å²) < 4.78 is 0. The fourth-order valence-electron chi connectivity index (χ4n) is 2.58. The number of hydrogen-bond acceptors (Lipinski definition) is 2. The van der Waals surface area contributed by atoms with Crippen LogP contribution in [-0.2, 0) is 4.79 Å². The van der Waals surface area contributed by atoms with Gasteiger partial charge < -0.3 is 4.90 Å². The van der Waals surface area contributed by atoms with E-state index < -0.39 is 0 Å². The number of hydrogen-bond donors (Lipinski definition) is 0. The quantitative estimate of drug-likeness (QED) is 0.842. The molecule has 0 radical (unpaired) electrons. The van der Waals surface area contributed by atoms with E-state index in [-0.39, 0.29) is 5.91 Å². The first-order valence-electron chi connectivity index (χ1n) is 6.85. The van der Waals surface area contributed by atoms with E-state index in [9.17, 15) is 4.79 Å². The molecule has 0 bridgehead atoms. The Labute approximate surface area is 124 Å². The van der Waals surface area contributed by atoms with Crippen LogP contribution >= 0.6 is 0 Å². The summed E-state index contributed by atoms with van der Waals surface area (Å²) >= 11 is 0. The van der Waals surface area contributed by atoms with Crippen molar-refractivity contribution in [3.05, 3.63) is 77.3 Å². The molecule has 104 valence electrons. The average Bonchev–Trinajstić information content (AvgIpc) is 2.73. The number of aromatic nitrogens is 1. The maximum atomic E-state index is 12.5. The predicted molar refractivity (Wildman–Crippen MR) is 84.0 cm³/mol. The van der Waals surface area contributed by atoms with Crippen molar-refractivity contribution in [2.24, 2.45) is 0 Å². The van der Waals surface area contributed by atoms with Crippen molar-refractivity contribution in [3.8, 4) is 0 Å². The lowest BCUT2D eigenvalue weighted by atomic mass is 10.0. The molecule has 3 heteroatoms. The summed E-state index contributed by atoms with van der Waals surface area (Å²) in [5.74, 6) is 0.0407. The van der Waals surface area contributed by atoms with Gasteiger partial charge in [-0.05, 0) is 41.8 Å². The maximum absolute atomic E-state index is 12.5. The van der Waals surface area contributed by atoms with E-state index in [0.29, 0.717) is 0 Å². The lowest BCUT2D eigenvalue weighted by molar-refractivity contribution is -0.121. The number of likely N-dealkylation sites (N-methyl/N-ethyl adjacent to an activating group) is 1. The van der Waals surface area contributed by atoms with Gasteiger partial charge in [-0.1, -0.05) is 30.3 Å². The third-order valence-corrected chi connectivity index (χ3v) is 3.71. The van der Waals surface area contributed by atoms with Crippen LogP contribution in [0.4, 0.5) is 0 Å². The number of rotatable bonds is 2. The SMILES string of the molecule is CC1=C(c2ccccc2)C(=O)N(C)/C1=C\c1ccncc1. The number of nitrogens with zero attached hydrogens (tertiary/aromatic N) is 2. The number of pyridine rings is 1. The largest absolute Gasteiger partial charge is 0.311 e. The Balaban J connectivity index is 2.09. The van der Waals surface area contributed by atoms with Crippen LogP contribution in [0.2, 0.25) is 0 Å². The van der Waals surface area contributed by atoms with Crippen molar-refractivity contribution in [3.63, 3.8) is 0 Å². The summed E-state index contributed by atoms with van der Waals surface area (Å²) in [5, 5.41) is 0. The molecular formula is C18H16N2O. The number of amides is 1. The molecule has 2 heterocycles. The van der Waals surface area contributed by atoms with Crippen LogP contribution in [0, 0.1) is 0 Å². The number of benzene rings is 1. The molecule has 1 amide bonds. The highest BCUT2D eigenvalue weighted by molar-refractivity contribution is 6.24. The molecule has 21 heavy (non-hydrogen) atoms. The van der Waals surface area contributed by atoms with Gasteiger partial charge in [0.1, 0.15) is 0 Å². The van der Waals surface area contributed by atoms with E-state index in [1.54, 1.807) is 17.3 Å². The summed E-state index contributed by atoms with van der Waals surface area (Å²) in [6.45, 7) is 2.00. The van der Waals surface area contributed by atoms with Gasteiger partial charge in [-0.2, -0.15) is 0 Å². The van der Waals surface area contributed by atoms with Gasteiger partial charge in [0, 0.05) is 25.1 Å². The Hall–Kier alpha value is -2.68. The Morgan fingerprint density at radius 1 is 1.05 bits per heavy atom. The summed E-state index contributed by atoms with van der Waals surface area (Å²) in [4.78, 5) is 18.3. The topological polar surface area (TPSA) is 33.2 Å². The highest BCUT2D eigenvalue weighted by atomic mass is 16.2. The zero-order chi connectivity index (χ0) is 14.8. The van der Waals surface area contributed by atoms with Crippen molar-refractivity contribution >= 4 is 17.6 Å². The molecule has 1 aromatic carbocycles. The lowest BCUT2D eigenvalue weighted by Gasteiger charge is -2.12. The minimum atomic E-state index is 0.0407. The Bertz CT molecular complexity index is 730. The Morgan fingerprint density at radius 2 is 1.71 bits per heavy atom. The molecule has 0 N–H and O–H groups in total. The van der Waals surface area contributed by atoms with Gasteiger partial charge in [-0.15, -0.1) is 0 Å². The number of allylic oxidation sites excluding steroid dienone is 1. The Kier molecular flexibility index (Phi) is 3.40. The molecule has 0 spiro atoms. The molecule has 2 aromatic rings. The normalized spacial score (nSPS) is 17.0. The Morgan fingerprint density at radius 3 is 2.38 bits per heavy atom. The van der Waals surface area contributed by atoms with E-state index in [4.69, 9.17) is 0 Å². The molecule has 0 saturated carbocycles. The zero-order valence-electron chi connectivity index (χ0n) is 12.1. The molecule has 1 aliphatic heterocycles. The van der Waals surface area contributed by atoms with E-state index in [2.05, 4.69) is 4.98 Å². The lowest BCUT2D eigenvalue weighted by Crippen LogP contribution is -2.20. The highest BCUT2D eigenvalue weighted by Crippen LogP contribution is 2.35. The van der Waals surface area contributed by atoms with Gasteiger partial charge in [-0.25, -0.2) is 0 Å². The first kappa shape index (κ1) is 13.3. The second kappa shape index (κ2) is 5.37. The summed E-state index contributed by atoms with van der Waals surface area (Å²) in [5.41, 5.74) is 4.72. The van der Waals surface area contributed by atoms with Crippen LogP contribution in [-0.4, -0.2) is 22.8 Å². The maximum Gasteiger partial charge on any atom is 0.258 e. The fraction of sp³-hybridized carbons (Fsp3) is 0.111. The van der Waals surface area contributed by atoms with Crippen molar-refractivity contribution in [1.29, 1.82) is 0 Å². The van der Waals surface area contributed by atoms with E-state index in [1.165, 1.54) is 0 Å². The second-order valence-corrected chi connectivity index (χ2v) is 5.04. The van der Waals surface area contributed by atoms with E-state index in [1.807, 2.05) is 62.5 Å². The van der Waals surface area contributed by atoms with Gasteiger partial charge in [0.25, 0.3) is 5.91 Å². The van der Waals surface area contributed by atoms with Crippen LogP contribution < -0.4 is 0 Å². The van der Waals surface area contributed by atoms with Gasteiger partial charge in [0.05, 0.1) is 5.57 Å². The molecule has 0 aliphatic carbocycles.